The number of carbonyl (C=O) groups excluding carboxylic acids is 1. The van der Waals surface area contributed by atoms with Crippen molar-refractivity contribution in [2.45, 2.75) is 52.6 Å². The molecule has 0 fully saturated rings. The van der Waals surface area contributed by atoms with Gasteiger partial charge < -0.3 is 14.8 Å². The number of methoxy groups -OCH3 is 1. The van der Waals surface area contributed by atoms with Gasteiger partial charge in [-0.3, -0.25) is 4.79 Å². The van der Waals surface area contributed by atoms with E-state index in [0.29, 0.717) is 17.4 Å². The fourth-order valence-corrected chi connectivity index (χ4v) is 2.29. The highest BCUT2D eigenvalue weighted by molar-refractivity contribution is 5.80. The average molecular weight is 307 g/mol. The second-order valence-electron chi connectivity index (χ2n) is 5.57. The van der Waals surface area contributed by atoms with Gasteiger partial charge in [-0.05, 0) is 31.4 Å². The van der Waals surface area contributed by atoms with Gasteiger partial charge in [0.15, 0.2) is 17.6 Å². The van der Waals surface area contributed by atoms with E-state index >= 15 is 0 Å². The van der Waals surface area contributed by atoms with E-state index in [1.54, 1.807) is 20.1 Å². The first kappa shape index (κ1) is 18.3. The molecule has 0 heterocycles. The van der Waals surface area contributed by atoms with Crippen molar-refractivity contribution in [2.75, 3.05) is 13.7 Å². The van der Waals surface area contributed by atoms with Gasteiger partial charge in [0.2, 0.25) is 0 Å². The van der Waals surface area contributed by atoms with Gasteiger partial charge in [-0.1, -0.05) is 45.2 Å². The minimum absolute atomic E-state index is 0.0825. The van der Waals surface area contributed by atoms with E-state index in [9.17, 15) is 4.79 Å². The number of para-hydroxylation sites is 2. The third-order valence-electron chi connectivity index (χ3n) is 3.85. The van der Waals surface area contributed by atoms with E-state index in [4.69, 9.17) is 9.47 Å². The summed E-state index contributed by atoms with van der Waals surface area (Å²) >= 11 is 0. The van der Waals surface area contributed by atoms with Gasteiger partial charge in [-0.15, -0.1) is 0 Å². The quantitative estimate of drug-likeness (QED) is 0.715. The number of carbonyl (C=O) groups is 1. The predicted octanol–water partition coefficient (Wildman–Crippen LogP) is 3.80. The Kier molecular flexibility index (Phi) is 8.41. The highest BCUT2D eigenvalue weighted by Crippen LogP contribution is 2.26. The van der Waals surface area contributed by atoms with Crippen molar-refractivity contribution >= 4 is 5.91 Å². The number of rotatable bonds is 10. The van der Waals surface area contributed by atoms with Crippen molar-refractivity contribution in [1.29, 1.82) is 0 Å². The molecule has 0 radical (unpaired) electrons. The standard InChI is InChI=1S/C18H29NO3/c1-5-7-10-15(6-2)13-19-18(20)14(3)22-17-12-9-8-11-16(17)21-4/h8-9,11-12,14-15H,5-7,10,13H2,1-4H3,(H,19,20)/t14-,15-/m1/s1. The van der Waals surface area contributed by atoms with Gasteiger partial charge in [-0.25, -0.2) is 0 Å². The van der Waals surface area contributed by atoms with Crippen LogP contribution in [-0.2, 0) is 4.79 Å². The monoisotopic (exact) mass is 307 g/mol. The summed E-state index contributed by atoms with van der Waals surface area (Å²) in [6, 6.07) is 7.35. The summed E-state index contributed by atoms with van der Waals surface area (Å²) in [7, 11) is 1.59. The van der Waals surface area contributed by atoms with Crippen LogP contribution in [0.3, 0.4) is 0 Å². The Morgan fingerprint density at radius 1 is 1.23 bits per heavy atom. The van der Waals surface area contributed by atoms with Crippen LogP contribution in [0.4, 0.5) is 0 Å². The Hall–Kier alpha value is -1.71. The van der Waals surface area contributed by atoms with Gasteiger partial charge in [-0.2, -0.15) is 0 Å². The molecular weight excluding hydrogens is 278 g/mol. The summed E-state index contributed by atoms with van der Waals surface area (Å²) in [5.74, 6) is 1.69. The third-order valence-corrected chi connectivity index (χ3v) is 3.85. The number of nitrogens with one attached hydrogen (secondary N) is 1. The highest BCUT2D eigenvalue weighted by Gasteiger charge is 2.17. The summed E-state index contributed by atoms with van der Waals surface area (Å²) in [6.07, 6.45) is 4.11. The number of hydrogen-bond acceptors (Lipinski definition) is 3. The van der Waals surface area contributed by atoms with Crippen LogP contribution in [0, 0.1) is 5.92 Å². The molecule has 1 aromatic rings. The zero-order chi connectivity index (χ0) is 16.4. The van der Waals surface area contributed by atoms with E-state index in [2.05, 4.69) is 19.2 Å². The van der Waals surface area contributed by atoms with E-state index in [0.717, 1.165) is 19.4 Å². The number of ether oxygens (including phenoxy) is 2. The fourth-order valence-electron chi connectivity index (χ4n) is 2.29. The summed E-state index contributed by atoms with van der Waals surface area (Å²) in [5.41, 5.74) is 0. The lowest BCUT2D eigenvalue weighted by Crippen LogP contribution is -2.38. The molecule has 4 heteroatoms. The van der Waals surface area contributed by atoms with Crippen LogP contribution in [0.1, 0.15) is 46.5 Å². The summed E-state index contributed by atoms with van der Waals surface area (Å²) < 4.78 is 10.9. The Morgan fingerprint density at radius 3 is 2.50 bits per heavy atom. The molecule has 0 aliphatic heterocycles. The predicted molar refractivity (Wildman–Crippen MR) is 89.4 cm³/mol. The Bertz CT molecular complexity index is 448. The van der Waals surface area contributed by atoms with Crippen LogP contribution in [0.5, 0.6) is 11.5 Å². The lowest BCUT2D eigenvalue weighted by atomic mass is 9.99. The molecule has 0 aliphatic rings. The number of benzene rings is 1. The molecule has 2 atom stereocenters. The minimum Gasteiger partial charge on any atom is -0.493 e. The van der Waals surface area contributed by atoms with Gasteiger partial charge >= 0.3 is 0 Å². The summed E-state index contributed by atoms with van der Waals surface area (Å²) in [5, 5.41) is 3.00. The van der Waals surface area contributed by atoms with Crippen LogP contribution >= 0.6 is 0 Å². The first-order chi connectivity index (χ1) is 10.6. The lowest BCUT2D eigenvalue weighted by molar-refractivity contribution is -0.127. The van der Waals surface area contributed by atoms with E-state index in [-0.39, 0.29) is 5.91 Å². The molecule has 1 rings (SSSR count). The zero-order valence-electron chi connectivity index (χ0n) is 14.2. The molecule has 0 saturated carbocycles. The van der Waals surface area contributed by atoms with E-state index in [1.165, 1.54) is 12.8 Å². The number of unbranched alkanes of at least 4 members (excludes halogenated alkanes) is 1. The number of amides is 1. The van der Waals surface area contributed by atoms with Crippen molar-refractivity contribution in [3.63, 3.8) is 0 Å². The van der Waals surface area contributed by atoms with Crippen LogP contribution in [0.25, 0.3) is 0 Å². The molecule has 0 spiro atoms. The maximum absolute atomic E-state index is 12.2. The molecule has 0 aliphatic carbocycles. The maximum Gasteiger partial charge on any atom is 0.260 e. The highest BCUT2D eigenvalue weighted by atomic mass is 16.5. The largest absolute Gasteiger partial charge is 0.493 e. The van der Waals surface area contributed by atoms with Gasteiger partial charge in [0.1, 0.15) is 0 Å². The molecule has 0 aromatic heterocycles. The molecule has 1 aromatic carbocycles. The third kappa shape index (κ3) is 5.96. The van der Waals surface area contributed by atoms with Crippen LogP contribution < -0.4 is 14.8 Å². The van der Waals surface area contributed by atoms with E-state index in [1.807, 2.05) is 18.2 Å². The summed E-state index contributed by atoms with van der Waals surface area (Å²) in [6.45, 7) is 6.83. The van der Waals surface area contributed by atoms with Crippen LogP contribution in [0.15, 0.2) is 24.3 Å². The molecule has 1 amide bonds. The second-order valence-corrected chi connectivity index (χ2v) is 5.57. The Morgan fingerprint density at radius 2 is 1.91 bits per heavy atom. The molecule has 0 unspecified atom stereocenters. The SMILES string of the molecule is CCCC[C@@H](CC)CNC(=O)[C@@H](C)Oc1ccccc1OC. The molecule has 124 valence electrons. The second kappa shape index (κ2) is 10.1. The first-order valence-electron chi connectivity index (χ1n) is 8.19. The van der Waals surface area contributed by atoms with Gasteiger partial charge in [0.05, 0.1) is 7.11 Å². The smallest absolute Gasteiger partial charge is 0.260 e. The summed E-state index contributed by atoms with van der Waals surface area (Å²) in [4.78, 5) is 12.2. The average Bonchev–Trinajstić information content (AvgIpc) is 2.55. The molecular formula is C18H29NO3. The molecule has 0 bridgehead atoms. The van der Waals surface area contributed by atoms with Crippen molar-refractivity contribution in [3.8, 4) is 11.5 Å². The zero-order valence-corrected chi connectivity index (χ0v) is 14.2. The Balaban J connectivity index is 2.47. The minimum atomic E-state index is -0.542. The fraction of sp³-hybridized carbons (Fsp3) is 0.611. The van der Waals surface area contributed by atoms with Crippen molar-refractivity contribution in [2.24, 2.45) is 5.92 Å². The van der Waals surface area contributed by atoms with E-state index < -0.39 is 6.10 Å². The van der Waals surface area contributed by atoms with Crippen molar-refractivity contribution in [3.05, 3.63) is 24.3 Å². The first-order valence-corrected chi connectivity index (χ1v) is 8.19. The van der Waals surface area contributed by atoms with Crippen molar-refractivity contribution in [1.82, 2.24) is 5.32 Å². The van der Waals surface area contributed by atoms with Crippen LogP contribution in [-0.4, -0.2) is 25.7 Å². The van der Waals surface area contributed by atoms with Crippen molar-refractivity contribution < 1.29 is 14.3 Å². The lowest BCUT2D eigenvalue weighted by Gasteiger charge is -2.19. The Labute approximate surface area is 134 Å². The van der Waals surface area contributed by atoms with Gasteiger partial charge in [0.25, 0.3) is 5.91 Å². The number of hydrogen-bond donors (Lipinski definition) is 1. The topological polar surface area (TPSA) is 47.6 Å². The molecule has 4 nitrogen and oxygen atoms in total. The maximum atomic E-state index is 12.2. The molecule has 0 saturated heterocycles. The van der Waals surface area contributed by atoms with Gasteiger partial charge in [0, 0.05) is 6.54 Å². The molecule has 22 heavy (non-hydrogen) atoms. The van der Waals surface area contributed by atoms with Crippen LogP contribution in [0.2, 0.25) is 0 Å². The normalized spacial score (nSPS) is 13.3. The molecule has 1 N–H and O–H groups in total.